The number of hydrogen-bond acceptors (Lipinski definition) is 3. The third-order valence-corrected chi connectivity index (χ3v) is 3.22. The third-order valence-electron chi connectivity index (χ3n) is 3.22. The molecule has 1 aromatic heterocycles. The summed E-state index contributed by atoms with van der Waals surface area (Å²) in [4.78, 5) is 13.9. The average molecular weight is 266 g/mol. The molecular formula is C15H14N4O. The van der Waals surface area contributed by atoms with Gasteiger partial charge in [0.2, 0.25) is 5.91 Å². The summed E-state index contributed by atoms with van der Waals surface area (Å²) in [6.07, 6.45) is 0. The molecule has 3 rings (SSSR count). The van der Waals surface area contributed by atoms with Gasteiger partial charge < -0.3 is 4.90 Å². The van der Waals surface area contributed by atoms with Crippen molar-refractivity contribution in [2.45, 2.75) is 6.54 Å². The lowest BCUT2D eigenvalue weighted by Gasteiger charge is -2.17. The van der Waals surface area contributed by atoms with E-state index in [0.29, 0.717) is 0 Å². The monoisotopic (exact) mass is 266 g/mol. The number of aromatic nitrogens is 3. The number of hydrogen-bond donors (Lipinski definition) is 0. The van der Waals surface area contributed by atoms with Gasteiger partial charge in [-0.05, 0) is 24.3 Å². The number of carbonyl (C=O) groups excluding carboxylic acids is 1. The van der Waals surface area contributed by atoms with Gasteiger partial charge in [0, 0.05) is 12.7 Å². The summed E-state index contributed by atoms with van der Waals surface area (Å²) in [6, 6.07) is 17.1. The molecule has 0 N–H and O–H groups in total. The van der Waals surface area contributed by atoms with Gasteiger partial charge in [-0.2, -0.15) is 0 Å². The van der Waals surface area contributed by atoms with Gasteiger partial charge in [-0.3, -0.25) is 4.79 Å². The zero-order valence-corrected chi connectivity index (χ0v) is 11.1. The number of likely N-dealkylation sites (N-methyl/N-ethyl adjacent to an activating group) is 1. The Morgan fingerprint density at radius 3 is 2.60 bits per heavy atom. The first-order valence-corrected chi connectivity index (χ1v) is 6.35. The summed E-state index contributed by atoms with van der Waals surface area (Å²) in [5, 5.41) is 8.08. The van der Waals surface area contributed by atoms with Crippen molar-refractivity contribution in [3.05, 3.63) is 54.6 Å². The molecule has 5 heteroatoms. The van der Waals surface area contributed by atoms with Gasteiger partial charge in [0.1, 0.15) is 12.1 Å². The van der Waals surface area contributed by atoms with Crippen molar-refractivity contribution in [2.75, 3.05) is 11.9 Å². The minimum absolute atomic E-state index is 0.0353. The van der Waals surface area contributed by atoms with E-state index in [9.17, 15) is 4.79 Å². The molecule has 0 bridgehead atoms. The molecule has 20 heavy (non-hydrogen) atoms. The lowest BCUT2D eigenvalue weighted by atomic mass is 10.3. The molecule has 0 radical (unpaired) electrons. The second kappa shape index (κ2) is 5.13. The van der Waals surface area contributed by atoms with Crippen molar-refractivity contribution in [3.63, 3.8) is 0 Å². The third kappa shape index (κ3) is 2.25. The predicted octanol–water partition coefficient (Wildman–Crippen LogP) is 2.09. The maximum Gasteiger partial charge on any atom is 0.248 e. The Bertz CT molecular complexity index is 736. The SMILES string of the molecule is CN(C(=O)Cn1nnc2ccccc21)c1ccccc1. The Balaban J connectivity index is 1.82. The van der Waals surface area contributed by atoms with Crippen molar-refractivity contribution in [3.8, 4) is 0 Å². The molecule has 3 aromatic rings. The van der Waals surface area contributed by atoms with E-state index in [4.69, 9.17) is 0 Å². The first kappa shape index (κ1) is 12.3. The lowest BCUT2D eigenvalue weighted by molar-refractivity contribution is -0.119. The molecule has 0 saturated heterocycles. The normalized spacial score (nSPS) is 10.7. The largest absolute Gasteiger partial charge is 0.314 e. The van der Waals surface area contributed by atoms with Crippen molar-refractivity contribution in [1.82, 2.24) is 15.0 Å². The maximum absolute atomic E-state index is 12.3. The Labute approximate surface area is 116 Å². The molecule has 0 aliphatic heterocycles. The maximum atomic E-state index is 12.3. The summed E-state index contributed by atoms with van der Waals surface area (Å²) in [6.45, 7) is 0.173. The summed E-state index contributed by atoms with van der Waals surface area (Å²) in [5.74, 6) is -0.0353. The molecule has 2 aromatic carbocycles. The van der Waals surface area contributed by atoms with Crippen molar-refractivity contribution in [1.29, 1.82) is 0 Å². The number of fused-ring (bicyclic) bond motifs is 1. The van der Waals surface area contributed by atoms with E-state index >= 15 is 0 Å². The van der Waals surface area contributed by atoms with Crippen LogP contribution in [0.1, 0.15) is 0 Å². The van der Waals surface area contributed by atoms with Crippen LogP contribution < -0.4 is 4.90 Å². The number of carbonyl (C=O) groups is 1. The molecule has 5 nitrogen and oxygen atoms in total. The van der Waals surface area contributed by atoms with Crippen LogP contribution in [0, 0.1) is 0 Å². The minimum Gasteiger partial charge on any atom is -0.314 e. The van der Waals surface area contributed by atoms with Crippen molar-refractivity contribution in [2.24, 2.45) is 0 Å². The Hall–Kier alpha value is -2.69. The topological polar surface area (TPSA) is 51.0 Å². The molecule has 0 atom stereocenters. The fraction of sp³-hybridized carbons (Fsp3) is 0.133. The van der Waals surface area contributed by atoms with E-state index in [1.807, 2.05) is 54.6 Å². The van der Waals surface area contributed by atoms with E-state index in [2.05, 4.69) is 10.3 Å². The van der Waals surface area contributed by atoms with E-state index < -0.39 is 0 Å². The standard InChI is InChI=1S/C15H14N4O/c1-18(12-7-3-2-4-8-12)15(20)11-19-14-10-6-5-9-13(14)16-17-19/h2-10H,11H2,1H3. The number of amides is 1. The van der Waals surface area contributed by atoms with Crippen LogP contribution in [-0.2, 0) is 11.3 Å². The smallest absolute Gasteiger partial charge is 0.248 e. The summed E-state index contributed by atoms with van der Waals surface area (Å²) in [7, 11) is 1.76. The van der Waals surface area contributed by atoms with Gasteiger partial charge in [-0.25, -0.2) is 4.68 Å². The van der Waals surface area contributed by atoms with Gasteiger partial charge in [0.25, 0.3) is 0 Å². The molecule has 0 aliphatic carbocycles. The average Bonchev–Trinajstić information content (AvgIpc) is 2.91. The zero-order valence-electron chi connectivity index (χ0n) is 11.1. The molecule has 0 aliphatic rings. The van der Waals surface area contributed by atoms with E-state index in [0.717, 1.165) is 16.7 Å². The molecular weight excluding hydrogens is 252 g/mol. The minimum atomic E-state index is -0.0353. The number of anilines is 1. The van der Waals surface area contributed by atoms with Crippen molar-refractivity contribution >= 4 is 22.6 Å². The highest BCUT2D eigenvalue weighted by molar-refractivity contribution is 5.93. The van der Waals surface area contributed by atoms with Crippen LogP contribution in [0.5, 0.6) is 0 Å². The molecule has 0 spiro atoms. The number of rotatable bonds is 3. The molecule has 0 unspecified atom stereocenters. The molecule has 0 saturated carbocycles. The second-order valence-electron chi connectivity index (χ2n) is 4.52. The Morgan fingerprint density at radius 1 is 1.10 bits per heavy atom. The van der Waals surface area contributed by atoms with E-state index in [1.54, 1.807) is 16.6 Å². The fourth-order valence-corrected chi connectivity index (χ4v) is 2.06. The summed E-state index contributed by atoms with van der Waals surface area (Å²) in [5.41, 5.74) is 2.52. The van der Waals surface area contributed by atoms with Crippen LogP contribution in [0.3, 0.4) is 0 Å². The quantitative estimate of drug-likeness (QED) is 0.729. The highest BCUT2D eigenvalue weighted by atomic mass is 16.2. The first-order chi connectivity index (χ1) is 9.75. The predicted molar refractivity (Wildman–Crippen MR) is 77.4 cm³/mol. The Kier molecular flexibility index (Phi) is 3.16. The highest BCUT2D eigenvalue weighted by Crippen LogP contribution is 2.13. The Morgan fingerprint density at radius 2 is 1.80 bits per heavy atom. The zero-order chi connectivity index (χ0) is 13.9. The van der Waals surface area contributed by atoms with Gasteiger partial charge in [0.05, 0.1) is 5.52 Å². The lowest BCUT2D eigenvalue weighted by Crippen LogP contribution is -2.30. The van der Waals surface area contributed by atoms with Gasteiger partial charge >= 0.3 is 0 Å². The molecule has 0 fully saturated rings. The van der Waals surface area contributed by atoms with Gasteiger partial charge in [0.15, 0.2) is 0 Å². The van der Waals surface area contributed by atoms with Crippen LogP contribution in [0.15, 0.2) is 54.6 Å². The summed E-state index contributed by atoms with van der Waals surface area (Å²) >= 11 is 0. The van der Waals surface area contributed by atoms with E-state index in [-0.39, 0.29) is 12.5 Å². The van der Waals surface area contributed by atoms with Crippen LogP contribution in [0.2, 0.25) is 0 Å². The fourth-order valence-electron chi connectivity index (χ4n) is 2.06. The van der Waals surface area contributed by atoms with Crippen LogP contribution in [-0.4, -0.2) is 27.9 Å². The van der Waals surface area contributed by atoms with Gasteiger partial charge in [-0.15, -0.1) is 5.10 Å². The number of para-hydroxylation sites is 2. The van der Waals surface area contributed by atoms with Gasteiger partial charge in [-0.1, -0.05) is 35.5 Å². The van der Waals surface area contributed by atoms with E-state index in [1.165, 1.54) is 0 Å². The first-order valence-electron chi connectivity index (χ1n) is 6.35. The number of benzene rings is 2. The van der Waals surface area contributed by atoms with Crippen LogP contribution in [0.4, 0.5) is 5.69 Å². The molecule has 100 valence electrons. The molecule has 1 amide bonds. The second-order valence-corrected chi connectivity index (χ2v) is 4.52. The molecule has 1 heterocycles. The van der Waals surface area contributed by atoms with Crippen LogP contribution >= 0.6 is 0 Å². The summed E-state index contributed by atoms with van der Waals surface area (Å²) < 4.78 is 1.62. The number of nitrogens with zero attached hydrogens (tertiary/aromatic N) is 4. The van der Waals surface area contributed by atoms with Crippen LogP contribution in [0.25, 0.3) is 11.0 Å². The highest BCUT2D eigenvalue weighted by Gasteiger charge is 2.13. The van der Waals surface area contributed by atoms with Crippen molar-refractivity contribution < 1.29 is 4.79 Å².